The molecule has 3 aromatic rings. The van der Waals surface area contributed by atoms with Gasteiger partial charge in [-0.15, -0.1) is 0 Å². The van der Waals surface area contributed by atoms with Gasteiger partial charge in [0.15, 0.2) is 11.5 Å². The number of benzene rings is 3. The summed E-state index contributed by atoms with van der Waals surface area (Å²) in [6.45, 7) is 0. The van der Waals surface area contributed by atoms with Crippen LogP contribution in [0.15, 0.2) is 71.8 Å². The maximum absolute atomic E-state index is 11.1. The Morgan fingerprint density at radius 2 is 1.78 bits per heavy atom. The van der Waals surface area contributed by atoms with Crippen LogP contribution in [-0.2, 0) is 0 Å². The SMILES string of the molecule is COc1ccc(C2=NN3[C@@H](C2)c2ccccc2O[C@H]3c2ccc([N+](=O)[O-])cc2)cc1OC. The Bertz CT molecular complexity index is 1210. The van der Waals surface area contributed by atoms with Crippen LogP contribution in [-0.4, -0.2) is 29.9 Å². The number of fused-ring (bicyclic) bond motifs is 3. The molecule has 2 aliphatic heterocycles. The molecule has 5 rings (SSSR count). The average Bonchev–Trinajstić information content (AvgIpc) is 3.29. The van der Waals surface area contributed by atoms with E-state index >= 15 is 0 Å². The Hall–Kier alpha value is -4.07. The van der Waals surface area contributed by atoms with Crippen molar-refractivity contribution in [2.75, 3.05) is 14.2 Å². The monoisotopic (exact) mass is 431 g/mol. The van der Waals surface area contributed by atoms with Crippen LogP contribution in [0.5, 0.6) is 17.2 Å². The molecule has 0 saturated carbocycles. The first-order chi connectivity index (χ1) is 15.6. The molecule has 8 nitrogen and oxygen atoms in total. The molecule has 0 amide bonds. The molecule has 2 atom stereocenters. The Morgan fingerprint density at radius 3 is 2.50 bits per heavy atom. The number of hydrogen-bond acceptors (Lipinski definition) is 7. The van der Waals surface area contributed by atoms with E-state index in [0.717, 1.165) is 28.2 Å². The number of para-hydroxylation sites is 1. The van der Waals surface area contributed by atoms with Crippen molar-refractivity contribution in [1.82, 2.24) is 5.01 Å². The highest BCUT2D eigenvalue weighted by Crippen LogP contribution is 2.47. The van der Waals surface area contributed by atoms with Crippen LogP contribution in [0.4, 0.5) is 5.69 Å². The van der Waals surface area contributed by atoms with Crippen molar-refractivity contribution in [3.63, 3.8) is 0 Å². The number of hydrazone groups is 1. The molecule has 0 N–H and O–H groups in total. The summed E-state index contributed by atoms with van der Waals surface area (Å²) in [7, 11) is 3.21. The molecule has 32 heavy (non-hydrogen) atoms. The third-order valence-electron chi connectivity index (χ3n) is 5.80. The summed E-state index contributed by atoms with van der Waals surface area (Å²) in [5.74, 6) is 2.09. The van der Waals surface area contributed by atoms with Crippen molar-refractivity contribution in [1.29, 1.82) is 0 Å². The van der Waals surface area contributed by atoms with Gasteiger partial charge in [-0.25, -0.2) is 5.01 Å². The van der Waals surface area contributed by atoms with Gasteiger partial charge in [0.2, 0.25) is 6.23 Å². The summed E-state index contributed by atoms with van der Waals surface area (Å²) in [5, 5.41) is 17.9. The first-order valence-electron chi connectivity index (χ1n) is 10.2. The zero-order valence-corrected chi connectivity index (χ0v) is 17.6. The first kappa shape index (κ1) is 19.9. The molecule has 0 aliphatic carbocycles. The molecular formula is C24H21N3O5. The van der Waals surface area contributed by atoms with Crippen LogP contribution < -0.4 is 14.2 Å². The van der Waals surface area contributed by atoms with Crippen molar-refractivity contribution >= 4 is 11.4 Å². The van der Waals surface area contributed by atoms with E-state index in [9.17, 15) is 10.1 Å². The number of rotatable bonds is 5. The van der Waals surface area contributed by atoms with E-state index in [0.29, 0.717) is 17.9 Å². The summed E-state index contributed by atoms with van der Waals surface area (Å²) >= 11 is 0. The van der Waals surface area contributed by atoms with E-state index in [1.807, 2.05) is 47.5 Å². The summed E-state index contributed by atoms with van der Waals surface area (Å²) in [5.41, 5.74) is 3.75. The number of nitro groups is 1. The second-order valence-electron chi connectivity index (χ2n) is 7.57. The van der Waals surface area contributed by atoms with Gasteiger partial charge in [-0.1, -0.05) is 18.2 Å². The van der Waals surface area contributed by atoms with Gasteiger partial charge in [0.25, 0.3) is 5.69 Å². The number of methoxy groups -OCH3 is 2. The predicted octanol–water partition coefficient (Wildman–Crippen LogP) is 4.85. The Kier molecular flexibility index (Phi) is 4.89. The van der Waals surface area contributed by atoms with Gasteiger partial charge < -0.3 is 14.2 Å². The molecule has 2 aliphatic rings. The molecule has 0 saturated heterocycles. The largest absolute Gasteiger partial charge is 0.493 e. The average molecular weight is 431 g/mol. The Labute approximate surface area is 184 Å². The van der Waals surface area contributed by atoms with Crippen LogP contribution in [0.25, 0.3) is 0 Å². The molecule has 8 heteroatoms. The van der Waals surface area contributed by atoms with E-state index in [4.69, 9.17) is 19.3 Å². The van der Waals surface area contributed by atoms with Gasteiger partial charge >= 0.3 is 0 Å². The highest BCUT2D eigenvalue weighted by atomic mass is 16.6. The second kappa shape index (κ2) is 7.88. The molecule has 2 heterocycles. The van der Waals surface area contributed by atoms with Crippen molar-refractivity contribution in [2.45, 2.75) is 18.7 Å². The lowest BCUT2D eigenvalue weighted by molar-refractivity contribution is -0.384. The zero-order chi connectivity index (χ0) is 22.2. The number of nitrogens with zero attached hydrogens (tertiary/aromatic N) is 3. The van der Waals surface area contributed by atoms with Crippen LogP contribution in [0.2, 0.25) is 0 Å². The van der Waals surface area contributed by atoms with Crippen LogP contribution in [0, 0.1) is 10.1 Å². The van der Waals surface area contributed by atoms with E-state index in [1.165, 1.54) is 12.1 Å². The minimum Gasteiger partial charge on any atom is -0.493 e. The van der Waals surface area contributed by atoms with E-state index in [-0.39, 0.29) is 11.7 Å². The lowest BCUT2D eigenvalue weighted by Gasteiger charge is -2.38. The minimum atomic E-state index is -0.492. The maximum atomic E-state index is 11.1. The number of hydrogen-bond donors (Lipinski definition) is 0. The van der Waals surface area contributed by atoms with Crippen LogP contribution in [0.3, 0.4) is 0 Å². The van der Waals surface area contributed by atoms with Gasteiger partial charge in [0.1, 0.15) is 5.75 Å². The van der Waals surface area contributed by atoms with Crippen LogP contribution in [0.1, 0.15) is 35.4 Å². The molecule has 3 aromatic carbocycles. The van der Waals surface area contributed by atoms with Gasteiger partial charge in [-0.3, -0.25) is 10.1 Å². The van der Waals surface area contributed by atoms with Gasteiger partial charge in [-0.2, -0.15) is 5.10 Å². The Morgan fingerprint density at radius 1 is 1.03 bits per heavy atom. The number of ether oxygens (including phenoxy) is 3. The van der Waals surface area contributed by atoms with Crippen molar-refractivity contribution in [3.8, 4) is 17.2 Å². The summed E-state index contributed by atoms with van der Waals surface area (Å²) in [4.78, 5) is 10.6. The summed E-state index contributed by atoms with van der Waals surface area (Å²) in [6.07, 6.45) is 0.202. The fraction of sp³-hybridized carbons (Fsp3) is 0.208. The number of non-ortho nitro benzene ring substituents is 1. The van der Waals surface area contributed by atoms with E-state index in [1.54, 1.807) is 26.4 Å². The van der Waals surface area contributed by atoms with Crippen molar-refractivity contribution in [2.24, 2.45) is 5.10 Å². The van der Waals surface area contributed by atoms with Gasteiger partial charge in [0.05, 0.1) is 30.9 Å². The standard InChI is InChI=1S/C24H21N3O5/c1-30-22-12-9-16(13-23(22)31-2)19-14-20-18-5-3-4-6-21(18)32-24(26(20)25-19)15-7-10-17(11-8-15)27(28)29/h3-13,20,24H,14H2,1-2H3/t20-,24-/m0/s1. The molecule has 0 aromatic heterocycles. The predicted molar refractivity (Wildman–Crippen MR) is 118 cm³/mol. The fourth-order valence-corrected chi connectivity index (χ4v) is 4.21. The molecule has 0 bridgehead atoms. The third-order valence-corrected chi connectivity index (χ3v) is 5.80. The molecule has 0 fully saturated rings. The molecular weight excluding hydrogens is 410 g/mol. The van der Waals surface area contributed by atoms with E-state index < -0.39 is 11.2 Å². The fourth-order valence-electron chi connectivity index (χ4n) is 4.21. The van der Waals surface area contributed by atoms with E-state index in [2.05, 4.69) is 0 Å². The topological polar surface area (TPSA) is 86.4 Å². The third kappa shape index (κ3) is 3.30. The maximum Gasteiger partial charge on any atom is 0.269 e. The van der Waals surface area contributed by atoms with Crippen molar-refractivity contribution < 1.29 is 19.1 Å². The van der Waals surface area contributed by atoms with Gasteiger partial charge in [0, 0.05) is 35.2 Å². The molecule has 0 radical (unpaired) electrons. The number of nitro benzene ring substituents is 1. The summed E-state index contributed by atoms with van der Waals surface area (Å²) in [6, 6.07) is 20.1. The quantitative estimate of drug-likeness (QED) is 0.424. The first-order valence-corrected chi connectivity index (χ1v) is 10.2. The minimum absolute atomic E-state index is 0.0109. The zero-order valence-electron chi connectivity index (χ0n) is 17.6. The molecule has 0 unspecified atom stereocenters. The lowest BCUT2D eigenvalue weighted by atomic mass is 9.95. The second-order valence-corrected chi connectivity index (χ2v) is 7.57. The van der Waals surface area contributed by atoms with Gasteiger partial charge in [-0.05, 0) is 36.4 Å². The molecule has 162 valence electrons. The highest BCUT2D eigenvalue weighted by Gasteiger charge is 2.41. The van der Waals surface area contributed by atoms with Crippen LogP contribution >= 0.6 is 0 Å². The highest BCUT2D eigenvalue weighted by molar-refractivity contribution is 6.02. The normalized spacial score (nSPS) is 18.8. The smallest absolute Gasteiger partial charge is 0.269 e. The van der Waals surface area contributed by atoms with Crippen molar-refractivity contribution in [3.05, 3.63) is 93.5 Å². The summed E-state index contributed by atoms with van der Waals surface area (Å²) < 4.78 is 17.1. The molecule has 0 spiro atoms. The Balaban J connectivity index is 1.55. The lowest BCUT2D eigenvalue weighted by Crippen LogP contribution is -2.33.